The highest BCUT2D eigenvalue weighted by Gasteiger charge is 2.12. The van der Waals surface area contributed by atoms with Gasteiger partial charge in [-0.15, -0.1) is 11.3 Å². The van der Waals surface area contributed by atoms with Crippen molar-refractivity contribution >= 4 is 33.4 Å². The Morgan fingerprint density at radius 3 is 2.80 bits per heavy atom. The summed E-state index contributed by atoms with van der Waals surface area (Å²) in [5.74, 6) is -0.633. The van der Waals surface area contributed by atoms with E-state index in [0.717, 1.165) is 15.8 Å². The number of ether oxygens (including phenoxy) is 1. The molecule has 0 aliphatic rings. The van der Waals surface area contributed by atoms with E-state index in [4.69, 9.17) is 4.74 Å². The minimum Gasteiger partial charge on any atom is -0.452 e. The number of carbonyl (C=O) groups is 2. The molecule has 0 saturated heterocycles. The van der Waals surface area contributed by atoms with Crippen LogP contribution in [0.2, 0.25) is 0 Å². The summed E-state index contributed by atoms with van der Waals surface area (Å²) in [5, 5.41) is 2.79. The molecule has 0 saturated carbocycles. The van der Waals surface area contributed by atoms with E-state index in [-0.39, 0.29) is 18.4 Å². The van der Waals surface area contributed by atoms with E-state index in [9.17, 15) is 9.59 Å². The van der Waals surface area contributed by atoms with Crippen LogP contribution in [0.5, 0.6) is 0 Å². The lowest BCUT2D eigenvalue weighted by Crippen LogP contribution is -2.31. The number of fused-ring (bicyclic) bond motifs is 1. The van der Waals surface area contributed by atoms with Gasteiger partial charge in [0.1, 0.15) is 0 Å². The number of aromatic nitrogens is 1. The van der Waals surface area contributed by atoms with Gasteiger partial charge in [0, 0.05) is 6.54 Å². The number of rotatable bonds is 6. The maximum Gasteiger partial charge on any atom is 0.338 e. The Labute approximate surface area is 149 Å². The van der Waals surface area contributed by atoms with Crippen LogP contribution in [-0.2, 0) is 9.53 Å². The topological polar surface area (TPSA) is 68.3 Å². The molecule has 1 N–H and O–H groups in total. The van der Waals surface area contributed by atoms with Gasteiger partial charge in [0.15, 0.2) is 6.61 Å². The van der Waals surface area contributed by atoms with Crippen LogP contribution in [0.1, 0.15) is 28.8 Å². The van der Waals surface area contributed by atoms with Crippen LogP contribution < -0.4 is 5.32 Å². The van der Waals surface area contributed by atoms with Crippen LogP contribution in [-0.4, -0.2) is 30.0 Å². The highest BCUT2D eigenvalue weighted by molar-refractivity contribution is 7.16. The minimum atomic E-state index is -0.512. The van der Waals surface area contributed by atoms with Crippen LogP contribution in [0, 0.1) is 0 Å². The molecule has 0 spiro atoms. The summed E-state index contributed by atoms with van der Waals surface area (Å²) in [6, 6.07) is 15.1. The van der Waals surface area contributed by atoms with Gasteiger partial charge in [-0.25, -0.2) is 9.78 Å². The summed E-state index contributed by atoms with van der Waals surface area (Å²) in [5.41, 5.74) is 4.13. The Morgan fingerprint density at radius 1 is 1.20 bits per heavy atom. The predicted octanol–water partition coefficient (Wildman–Crippen LogP) is 3.37. The molecule has 5 nitrogen and oxygen atoms in total. The zero-order chi connectivity index (χ0) is 17.6. The molecule has 25 heavy (non-hydrogen) atoms. The molecule has 1 aromatic heterocycles. The molecule has 3 rings (SSSR count). The van der Waals surface area contributed by atoms with E-state index in [1.807, 2.05) is 37.3 Å². The summed E-state index contributed by atoms with van der Waals surface area (Å²) >= 11 is 1.45. The summed E-state index contributed by atoms with van der Waals surface area (Å²) in [4.78, 5) is 28.1. The predicted molar refractivity (Wildman–Crippen MR) is 97.8 cm³/mol. The fourth-order valence-electron chi connectivity index (χ4n) is 2.41. The standard InChI is InChI=1S/C19H18N2O3S/c1-13(14-5-3-2-4-6-14)10-20-18(22)11-24-19(23)15-7-8-16-17(9-15)25-12-21-16/h2-9,12-13H,10-11H2,1H3,(H,20,22)/t13-/m1/s1. The summed E-state index contributed by atoms with van der Waals surface area (Å²) in [7, 11) is 0. The molecule has 0 fully saturated rings. The number of nitrogens with zero attached hydrogens (tertiary/aromatic N) is 1. The Bertz CT molecular complexity index is 877. The smallest absolute Gasteiger partial charge is 0.338 e. The monoisotopic (exact) mass is 354 g/mol. The summed E-state index contributed by atoms with van der Waals surface area (Å²) in [6.07, 6.45) is 0. The van der Waals surface area contributed by atoms with Crippen molar-refractivity contribution in [1.29, 1.82) is 0 Å². The van der Waals surface area contributed by atoms with Crippen LogP contribution in [0.25, 0.3) is 10.2 Å². The van der Waals surface area contributed by atoms with Gasteiger partial charge < -0.3 is 10.1 Å². The van der Waals surface area contributed by atoms with Crippen LogP contribution in [0.15, 0.2) is 54.0 Å². The van der Waals surface area contributed by atoms with Crippen LogP contribution >= 0.6 is 11.3 Å². The van der Waals surface area contributed by atoms with Gasteiger partial charge in [0.25, 0.3) is 5.91 Å². The maximum absolute atomic E-state index is 12.1. The molecule has 0 unspecified atom stereocenters. The second-order valence-electron chi connectivity index (χ2n) is 5.73. The highest BCUT2D eigenvalue weighted by atomic mass is 32.1. The highest BCUT2D eigenvalue weighted by Crippen LogP contribution is 2.19. The Hall–Kier alpha value is -2.73. The Kier molecular flexibility index (Phi) is 5.40. The van der Waals surface area contributed by atoms with Crippen molar-refractivity contribution in [2.75, 3.05) is 13.2 Å². The lowest BCUT2D eigenvalue weighted by Gasteiger charge is -2.13. The number of amides is 1. The van der Waals surface area contributed by atoms with E-state index in [0.29, 0.717) is 12.1 Å². The van der Waals surface area contributed by atoms with Gasteiger partial charge in [0.05, 0.1) is 21.3 Å². The third kappa shape index (κ3) is 4.42. The number of nitrogens with one attached hydrogen (secondary N) is 1. The van der Waals surface area contributed by atoms with Crippen molar-refractivity contribution in [3.05, 3.63) is 65.2 Å². The second-order valence-corrected chi connectivity index (χ2v) is 6.61. The van der Waals surface area contributed by atoms with Crippen LogP contribution in [0.3, 0.4) is 0 Å². The Balaban J connectivity index is 1.47. The van der Waals surface area contributed by atoms with E-state index < -0.39 is 5.97 Å². The molecular weight excluding hydrogens is 336 g/mol. The first kappa shape index (κ1) is 17.1. The van der Waals surface area contributed by atoms with E-state index in [1.54, 1.807) is 23.7 Å². The molecule has 3 aromatic rings. The fraction of sp³-hybridized carbons (Fsp3) is 0.211. The first-order valence-corrected chi connectivity index (χ1v) is 8.83. The molecule has 2 aromatic carbocycles. The third-order valence-corrected chi connectivity index (χ3v) is 4.67. The lowest BCUT2D eigenvalue weighted by molar-refractivity contribution is -0.124. The minimum absolute atomic E-state index is 0.189. The van der Waals surface area contributed by atoms with Gasteiger partial charge in [-0.1, -0.05) is 37.3 Å². The number of hydrogen-bond acceptors (Lipinski definition) is 5. The lowest BCUT2D eigenvalue weighted by atomic mass is 10.0. The van der Waals surface area contributed by atoms with Crippen molar-refractivity contribution in [1.82, 2.24) is 10.3 Å². The molecule has 1 atom stereocenters. The van der Waals surface area contributed by atoms with Crippen molar-refractivity contribution in [2.24, 2.45) is 0 Å². The Morgan fingerprint density at radius 2 is 2.00 bits per heavy atom. The SMILES string of the molecule is C[C@H](CNC(=O)COC(=O)c1ccc2ncsc2c1)c1ccccc1. The quantitative estimate of drug-likeness (QED) is 0.689. The van der Waals surface area contributed by atoms with Gasteiger partial charge in [-0.2, -0.15) is 0 Å². The zero-order valence-electron chi connectivity index (χ0n) is 13.8. The van der Waals surface area contributed by atoms with Crippen molar-refractivity contribution in [3.63, 3.8) is 0 Å². The molecular formula is C19H18N2O3S. The molecule has 0 aliphatic carbocycles. The molecule has 0 radical (unpaired) electrons. The number of benzene rings is 2. The van der Waals surface area contributed by atoms with Gasteiger partial charge >= 0.3 is 5.97 Å². The molecule has 1 amide bonds. The van der Waals surface area contributed by atoms with Gasteiger partial charge in [0.2, 0.25) is 0 Å². The average Bonchev–Trinajstić information content (AvgIpc) is 3.12. The second kappa shape index (κ2) is 7.90. The van der Waals surface area contributed by atoms with Gasteiger partial charge in [-0.3, -0.25) is 4.79 Å². The fourth-order valence-corrected chi connectivity index (χ4v) is 3.13. The first-order valence-electron chi connectivity index (χ1n) is 7.95. The summed E-state index contributed by atoms with van der Waals surface area (Å²) < 4.78 is 6.00. The number of hydrogen-bond donors (Lipinski definition) is 1. The molecule has 0 aliphatic heterocycles. The van der Waals surface area contributed by atoms with E-state index in [2.05, 4.69) is 10.3 Å². The number of thiazole rings is 1. The first-order chi connectivity index (χ1) is 12.1. The largest absolute Gasteiger partial charge is 0.452 e. The molecule has 1 heterocycles. The third-order valence-electron chi connectivity index (χ3n) is 3.88. The van der Waals surface area contributed by atoms with Crippen molar-refractivity contribution in [3.8, 4) is 0 Å². The molecule has 0 bridgehead atoms. The number of esters is 1. The van der Waals surface area contributed by atoms with Crippen molar-refractivity contribution < 1.29 is 14.3 Å². The van der Waals surface area contributed by atoms with Crippen LogP contribution in [0.4, 0.5) is 0 Å². The van der Waals surface area contributed by atoms with Gasteiger partial charge in [-0.05, 0) is 29.7 Å². The molecule has 128 valence electrons. The van der Waals surface area contributed by atoms with Crippen molar-refractivity contribution in [2.45, 2.75) is 12.8 Å². The van der Waals surface area contributed by atoms with E-state index >= 15 is 0 Å². The average molecular weight is 354 g/mol. The zero-order valence-corrected chi connectivity index (χ0v) is 14.6. The maximum atomic E-state index is 12.1. The van der Waals surface area contributed by atoms with E-state index in [1.165, 1.54) is 11.3 Å². The number of carbonyl (C=O) groups excluding carboxylic acids is 2. The summed E-state index contributed by atoms with van der Waals surface area (Å²) in [6.45, 7) is 2.24. The molecule has 6 heteroatoms. The normalized spacial score (nSPS) is 11.9.